The summed E-state index contributed by atoms with van der Waals surface area (Å²) in [4.78, 5) is 6.90. The van der Waals surface area contributed by atoms with Gasteiger partial charge in [-0.05, 0) is 86.6 Å². The lowest BCUT2D eigenvalue weighted by atomic mass is 9.70. The molecule has 0 aliphatic carbocycles. The van der Waals surface area contributed by atoms with Gasteiger partial charge >= 0.3 is 0 Å². The minimum atomic E-state index is -0.189. The zero-order valence-corrected chi connectivity index (χ0v) is 25.5. The van der Waals surface area contributed by atoms with Gasteiger partial charge in [-0.25, -0.2) is 4.39 Å². The average Bonchev–Trinajstić information content (AvgIpc) is 2.88. The van der Waals surface area contributed by atoms with Gasteiger partial charge in [-0.2, -0.15) is 0 Å². The van der Waals surface area contributed by atoms with Crippen molar-refractivity contribution in [3.8, 4) is 0 Å². The summed E-state index contributed by atoms with van der Waals surface area (Å²) in [6.45, 7) is 22.8. The first-order valence-corrected chi connectivity index (χ1v) is 15.1. The topological polar surface area (TPSA) is 41.6 Å². The van der Waals surface area contributed by atoms with Crippen molar-refractivity contribution in [3.63, 3.8) is 0 Å². The summed E-state index contributed by atoms with van der Waals surface area (Å²) in [7, 11) is 0. The van der Waals surface area contributed by atoms with Crippen molar-refractivity contribution in [1.82, 2.24) is 4.90 Å². The monoisotopic (exact) mass is 535 g/mol. The number of likely N-dealkylation sites (tertiary alicyclic amines) is 1. The molecule has 1 aromatic carbocycles. The van der Waals surface area contributed by atoms with Gasteiger partial charge < -0.3 is 10.7 Å². The van der Waals surface area contributed by atoms with Crippen LogP contribution in [0.5, 0.6) is 0 Å². The molecule has 0 amide bonds. The zero-order valence-electron chi connectivity index (χ0n) is 25.5. The quantitative estimate of drug-likeness (QED) is 0.150. The molecule has 1 saturated heterocycles. The second-order valence-corrected chi connectivity index (χ2v) is 11.6. The Labute approximate surface area is 238 Å². The van der Waals surface area contributed by atoms with Gasteiger partial charge in [0.15, 0.2) is 0 Å². The highest BCUT2D eigenvalue weighted by Crippen LogP contribution is 2.42. The number of hydrogen-bond acceptors (Lipinski definition) is 3. The summed E-state index contributed by atoms with van der Waals surface area (Å²) in [5, 5.41) is 0. The van der Waals surface area contributed by atoms with Crippen LogP contribution in [0.3, 0.4) is 0 Å². The molecule has 39 heavy (non-hydrogen) atoms. The molecular weight excluding hydrogens is 481 g/mol. The Bertz CT molecular complexity index is 1010. The normalized spacial score (nSPS) is 17.9. The van der Waals surface area contributed by atoms with Gasteiger partial charge in [0.2, 0.25) is 0 Å². The van der Waals surface area contributed by atoms with Gasteiger partial charge in [0.25, 0.3) is 0 Å². The van der Waals surface area contributed by atoms with E-state index < -0.39 is 0 Å². The Kier molecular flexibility index (Phi) is 13.4. The molecule has 2 rings (SSSR count). The summed E-state index contributed by atoms with van der Waals surface area (Å²) >= 11 is 0. The molecule has 1 atom stereocenters. The van der Waals surface area contributed by atoms with E-state index in [9.17, 15) is 4.39 Å². The van der Waals surface area contributed by atoms with Crippen molar-refractivity contribution in [2.75, 3.05) is 26.2 Å². The Morgan fingerprint density at radius 1 is 1.13 bits per heavy atom. The van der Waals surface area contributed by atoms with E-state index in [1.54, 1.807) is 12.1 Å². The Morgan fingerprint density at radius 3 is 2.33 bits per heavy atom. The predicted octanol–water partition coefficient (Wildman–Crippen LogP) is 9.13. The maximum absolute atomic E-state index is 13.6. The molecule has 4 heteroatoms. The molecule has 3 nitrogen and oxygen atoms in total. The lowest BCUT2D eigenvalue weighted by molar-refractivity contribution is 0.00527. The fourth-order valence-electron chi connectivity index (χ4n) is 6.59. The highest BCUT2D eigenvalue weighted by Gasteiger charge is 2.42. The molecule has 0 radical (unpaired) electrons. The molecule has 1 aromatic rings. The van der Waals surface area contributed by atoms with E-state index in [1.807, 2.05) is 12.1 Å². The van der Waals surface area contributed by atoms with E-state index in [0.717, 1.165) is 95.2 Å². The smallest absolute Gasteiger partial charge is 0.123 e. The molecule has 0 aromatic heterocycles. The van der Waals surface area contributed by atoms with E-state index in [4.69, 9.17) is 5.73 Å². The lowest BCUT2D eigenvalue weighted by Crippen LogP contribution is -2.58. The standard InChI is InChI=1S/C35H54FN3/c1-8-14-29(23-31(15-9-2)33(11-4)30-16-18-32(36)19-17-30)24-39-26-34(27-39,25-38-7)21-13-22-35(12-5,20-10-3)28(6)37/h8,14,16-19,23H,6-7,9-13,15,20-22,24-27,37H2,1-5H3/b14-8+,29-23+,33-31+. The van der Waals surface area contributed by atoms with Crippen LogP contribution in [-0.4, -0.2) is 37.8 Å². The third-order valence-corrected chi connectivity index (χ3v) is 8.61. The summed E-state index contributed by atoms with van der Waals surface area (Å²) in [5.41, 5.74) is 12.5. The van der Waals surface area contributed by atoms with Crippen LogP contribution in [0.1, 0.15) is 98.0 Å². The van der Waals surface area contributed by atoms with Crippen LogP contribution in [0.25, 0.3) is 5.57 Å². The number of nitrogens with zero attached hydrogens (tertiary/aromatic N) is 2. The lowest BCUT2D eigenvalue weighted by Gasteiger charge is -2.50. The molecule has 216 valence electrons. The zero-order chi connectivity index (χ0) is 28.9. The second-order valence-electron chi connectivity index (χ2n) is 11.6. The number of allylic oxidation sites excluding steroid dienone is 5. The fourth-order valence-corrected chi connectivity index (χ4v) is 6.59. The molecule has 0 bridgehead atoms. The Hall–Kier alpha value is -2.46. The average molecular weight is 536 g/mol. The first-order chi connectivity index (χ1) is 18.7. The summed E-state index contributed by atoms with van der Waals surface area (Å²) in [6.07, 6.45) is 16.5. The molecule has 0 saturated carbocycles. The number of rotatable bonds is 18. The number of aliphatic imine (C=N–C) groups is 1. The van der Waals surface area contributed by atoms with E-state index in [-0.39, 0.29) is 16.6 Å². The van der Waals surface area contributed by atoms with E-state index >= 15 is 0 Å². The van der Waals surface area contributed by atoms with Crippen molar-refractivity contribution in [1.29, 1.82) is 0 Å². The van der Waals surface area contributed by atoms with Crippen molar-refractivity contribution in [2.24, 2.45) is 21.6 Å². The van der Waals surface area contributed by atoms with Crippen LogP contribution in [0.15, 0.2) is 70.9 Å². The third kappa shape index (κ3) is 9.03. The Morgan fingerprint density at radius 2 is 1.82 bits per heavy atom. The van der Waals surface area contributed by atoms with Gasteiger partial charge in [-0.15, -0.1) is 0 Å². The van der Waals surface area contributed by atoms with E-state index in [0.29, 0.717) is 0 Å². The molecule has 1 fully saturated rings. The van der Waals surface area contributed by atoms with Crippen LogP contribution < -0.4 is 5.73 Å². The molecule has 1 aliphatic heterocycles. The van der Waals surface area contributed by atoms with Crippen LogP contribution in [0.4, 0.5) is 4.39 Å². The molecule has 1 unspecified atom stereocenters. The molecule has 0 spiro atoms. The van der Waals surface area contributed by atoms with Gasteiger partial charge in [0.05, 0.1) is 0 Å². The van der Waals surface area contributed by atoms with Crippen molar-refractivity contribution in [2.45, 2.75) is 92.4 Å². The minimum Gasteiger partial charge on any atom is -0.402 e. The maximum atomic E-state index is 13.6. The molecule has 1 heterocycles. The van der Waals surface area contributed by atoms with Gasteiger partial charge in [0.1, 0.15) is 5.82 Å². The highest BCUT2D eigenvalue weighted by molar-refractivity contribution is 5.71. The number of benzene rings is 1. The van der Waals surface area contributed by atoms with Gasteiger partial charge in [-0.3, -0.25) is 4.90 Å². The molecule has 2 N–H and O–H groups in total. The summed E-state index contributed by atoms with van der Waals surface area (Å²) in [6, 6.07) is 6.95. The van der Waals surface area contributed by atoms with E-state index in [2.05, 4.69) is 76.0 Å². The number of nitrogens with two attached hydrogens (primary N) is 1. The second kappa shape index (κ2) is 16.0. The van der Waals surface area contributed by atoms with Crippen LogP contribution in [-0.2, 0) is 0 Å². The maximum Gasteiger partial charge on any atom is 0.123 e. The Balaban J connectivity index is 2.18. The first kappa shape index (κ1) is 32.8. The predicted molar refractivity (Wildman–Crippen MR) is 170 cm³/mol. The molecular formula is C35H54FN3. The van der Waals surface area contributed by atoms with Crippen molar-refractivity contribution in [3.05, 3.63) is 77.3 Å². The summed E-state index contributed by atoms with van der Waals surface area (Å²) in [5.74, 6) is -0.189. The first-order valence-electron chi connectivity index (χ1n) is 15.1. The summed E-state index contributed by atoms with van der Waals surface area (Å²) < 4.78 is 13.6. The molecule has 1 aliphatic rings. The van der Waals surface area contributed by atoms with E-state index in [1.165, 1.54) is 16.7 Å². The van der Waals surface area contributed by atoms with Gasteiger partial charge in [0, 0.05) is 42.7 Å². The SMILES string of the molecule is C=NCC1(CCCC(CC)(CCC)C(=C)N)CN(CC(/C=C/C)=C/C(CCC)=C(\CC)c2ccc(F)cc2)C1. The highest BCUT2D eigenvalue weighted by atomic mass is 19.1. The van der Waals surface area contributed by atoms with Crippen molar-refractivity contribution < 1.29 is 4.39 Å². The largest absolute Gasteiger partial charge is 0.402 e. The number of halogens is 1. The van der Waals surface area contributed by atoms with Gasteiger partial charge in [-0.1, -0.05) is 83.9 Å². The van der Waals surface area contributed by atoms with Crippen LogP contribution >= 0.6 is 0 Å². The fraction of sp³-hybridized carbons (Fsp3) is 0.571. The third-order valence-electron chi connectivity index (χ3n) is 8.61. The minimum absolute atomic E-state index is 0.0618. The van der Waals surface area contributed by atoms with Crippen LogP contribution in [0.2, 0.25) is 0 Å². The van der Waals surface area contributed by atoms with Crippen LogP contribution in [0, 0.1) is 16.6 Å². The van der Waals surface area contributed by atoms with Crippen molar-refractivity contribution >= 4 is 12.3 Å². The number of hydrogen-bond donors (Lipinski definition) is 1.